The molecule has 1 atom stereocenters. The molecule has 2 rings (SSSR count). The van der Waals surface area contributed by atoms with Crippen molar-refractivity contribution in [1.29, 1.82) is 0 Å². The number of anilines is 1. The highest BCUT2D eigenvalue weighted by molar-refractivity contribution is 6.30. The average molecular weight is 304 g/mol. The Bertz CT molecular complexity index is 628. The summed E-state index contributed by atoms with van der Waals surface area (Å²) >= 11 is 5.90. The number of hydrogen-bond acceptors (Lipinski definition) is 2. The standard InChI is InChI=1S/C17H18ClNO2/c1-3-12(2)21-16-9-4-6-13(10-16)17(20)19-15-8-5-7-14(18)11-15/h4-12H,3H2,1-2H3,(H,19,20). The van der Waals surface area contributed by atoms with Crippen LogP contribution in [-0.4, -0.2) is 12.0 Å². The third-order valence-corrected chi connectivity index (χ3v) is 3.33. The molecule has 0 saturated heterocycles. The van der Waals surface area contributed by atoms with Crippen molar-refractivity contribution in [2.45, 2.75) is 26.4 Å². The molecule has 0 aromatic heterocycles. The molecule has 0 spiro atoms. The first-order valence-electron chi connectivity index (χ1n) is 6.92. The monoisotopic (exact) mass is 303 g/mol. The van der Waals surface area contributed by atoms with Gasteiger partial charge in [0.1, 0.15) is 5.75 Å². The lowest BCUT2D eigenvalue weighted by atomic mass is 10.2. The van der Waals surface area contributed by atoms with E-state index in [9.17, 15) is 4.79 Å². The van der Waals surface area contributed by atoms with Gasteiger partial charge in [-0.25, -0.2) is 0 Å². The zero-order valence-corrected chi connectivity index (χ0v) is 12.9. The van der Waals surface area contributed by atoms with Crippen LogP contribution in [-0.2, 0) is 0 Å². The van der Waals surface area contributed by atoms with Gasteiger partial charge in [-0.05, 0) is 49.7 Å². The fourth-order valence-corrected chi connectivity index (χ4v) is 1.99. The quantitative estimate of drug-likeness (QED) is 0.864. The normalized spacial score (nSPS) is 11.8. The third kappa shape index (κ3) is 4.50. The first-order valence-corrected chi connectivity index (χ1v) is 7.30. The number of halogens is 1. The van der Waals surface area contributed by atoms with E-state index in [-0.39, 0.29) is 12.0 Å². The summed E-state index contributed by atoms with van der Waals surface area (Å²) in [6.07, 6.45) is 1.04. The van der Waals surface area contributed by atoms with Gasteiger partial charge < -0.3 is 10.1 Å². The van der Waals surface area contributed by atoms with E-state index in [1.54, 1.807) is 36.4 Å². The Morgan fingerprint density at radius 1 is 1.24 bits per heavy atom. The number of hydrogen-bond donors (Lipinski definition) is 1. The van der Waals surface area contributed by atoms with Crippen molar-refractivity contribution in [1.82, 2.24) is 0 Å². The Morgan fingerprint density at radius 3 is 2.71 bits per heavy atom. The predicted molar refractivity (Wildman–Crippen MR) is 86.2 cm³/mol. The smallest absolute Gasteiger partial charge is 0.255 e. The van der Waals surface area contributed by atoms with Crippen molar-refractivity contribution in [2.24, 2.45) is 0 Å². The van der Waals surface area contributed by atoms with Crippen molar-refractivity contribution in [2.75, 3.05) is 5.32 Å². The van der Waals surface area contributed by atoms with Crippen molar-refractivity contribution >= 4 is 23.2 Å². The fourth-order valence-electron chi connectivity index (χ4n) is 1.80. The number of carbonyl (C=O) groups excluding carboxylic acids is 1. The van der Waals surface area contributed by atoms with Crippen LogP contribution in [0.25, 0.3) is 0 Å². The number of ether oxygens (including phenoxy) is 1. The molecule has 1 unspecified atom stereocenters. The van der Waals surface area contributed by atoms with E-state index in [0.717, 1.165) is 6.42 Å². The third-order valence-electron chi connectivity index (χ3n) is 3.09. The molecular formula is C17H18ClNO2. The van der Waals surface area contributed by atoms with E-state index < -0.39 is 0 Å². The minimum absolute atomic E-state index is 0.122. The second kappa shape index (κ2) is 7.14. The second-order valence-electron chi connectivity index (χ2n) is 4.83. The molecule has 2 aromatic carbocycles. The predicted octanol–water partition coefficient (Wildman–Crippen LogP) is 4.77. The summed E-state index contributed by atoms with van der Waals surface area (Å²) < 4.78 is 5.72. The summed E-state index contributed by atoms with van der Waals surface area (Å²) in [7, 11) is 0. The Balaban J connectivity index is 2.10. The fraction of sp³-hybridized carbons (Fsp3) is 0.235. The molecular weight excluding hydrogens is 286 g/mol. The van der Waals surface area contributed by atoms with E-state index in [1.807, 2.05) is 19.1 Å². The Morgan fingerprint density at radius 2 is 2.00 bits per heavy atom. The van der Waals surface area contributed by atoms with E-state index in [0.29, 0.717) is 22.0 Å². The molecule has 0 aliphatic carbocycles. The van der Waals surface area contributed by atoms with Gasteiger partial charge >= 0.3 is 0 Å². The topological polar surface area (TPSA) is 38.3 Å². The maximum atomic E-state index is 12.2. The first-order chi connectivity index (χ1) is 10.1. The van der Waals surface area contributed by atoms with E-state index >= 15 is 0 Å². The molecule has 0 radical (unpaired) electrons. The first kappa shape index (κ1) is 15.4. The number of nitrogens with one attached hydrogen (secondary N) is 1. The van der Waals surface area contributed by atoms with Gasteiger partial charge in [0.25, 0.3) is 5.91 Å². The molecule has 0 heterocycles. The number of rotatable bonds is 5. The Hall–Kier alpha value is -2.00. The highest BCUT2D eigenvalue weighted by Gasteiger charge is 2.08. The van der Waals surface area contributed by atoms with Gasteiger partial charge in [0.2, 0.25) is 0 Å². The summed E-state index contributed by atoms with van der Waals surface area (Å²) in [5.74, 6) is 0.509. The molecule has 2 aromatic rings. The number of benzene rings is 2. The molecule has 4 heteroatoms. The Kier molecular flexibility index (Phi) is 5.23. The minimum atomic E-state index is -0.188. The highest BCUT2D eigenvalue weighted by Crippen LogP contribution is 2.19. The van der Waals surface area contributed by atoms with Gasteiger partial charge in [-0.15, -0.1) is 0 Å². The molecule has 21 heavy (non-hydrogen) atoms. The molecule has 0 aliphatic heterocycles. The lowest BCUT2D eigenvalue weighted by molar-refractivity contribution is 0.102. The van der Waals surface area contributed by atoms with Gasteiger partial charge in [0.05, 0.1) is 6.10 Å². The van der Waals surface area contributed by atoms with Crippen molar-refractivity contribution in [3.8, 4) is 5.75 Å². The minimum Gasteiger partial charge on any atom is -0.491 e. The van der Waals surface area contributed by atoms with Gasteiger partial charge in [-0.1, -0.05) is 30.7 Å². The van der Waals surface area contributed by atoms with Crippen LogP contribution in [0.5, 0.6) is 5.75 Å². The van der Waals surface area contributed by atoms with Crippen LogP contribution in [0.15, 0.2) is 48.5 Å². The van der Waals surface area contributed by atoms with Crippen LogP contribution >= 0.6 is 11.6 Å². The maximum Gasteiger partial charge on any atom is 0.255 e. The summed E-state index contributed by atoms with van der Waals surface area (Å²) in [6.45, 7) is 4.05. The van der Waals surface area contributed by atoms with Gasteiger partial charge in [-0.3, -0.25) is 4.79 Å². The van der Waals surface area contributed by atoms with Crippen molar-refractivity contribution < 1.29 is 9.53 Å². The summed E-state index contributed by atoms with van der Waals surface area (Å²) in [5, 5.41) is 3.40. The zero-order valence-electron chi connectivity index (χ0n) is 12.1. The Labute approximate surface area is 129 Å². The molecule has 3 nitrogen and oxygen atoms in total. The van der Waals surface area contributed by atoms with Crippen molar-refractivity contribution in [3.05, 3.63) is 59.1 Å². The highest BCUT2D eigenvalue weighted by atomic mass is 35.5. The van der Waals surface area contributed by atoms with E-state index in [1.165, 1.54) is 0 Å². The van der Waals surface area contributed by atoms with E-state index in [4.69, 9.17) is 16.3 Å². The SMILES string of the molecule is CCC(C)Oc1cccc(C(=O)Nc2cccc(Cl)c2)c1. The lowest BCUT2D eigenvalue weighted by Crippen LogP contribution is -2.13. The maximum absolute atomic E-state index is 12.2. The van der Waals surface area contributed by atoms with Gasteiger partial charge in [-0.2, -0.15) is 0 Å². The van der Waals surface area contributed by atoms with Crippen LogP contribution in [0.3, 0.4) is 0 Å². The second-order valence-corrected chi connectivity index (χ2v) is 5.27. The van der Waals surface area contributed by atoms with Crippen LogP contribution in [0.2, 0.25) is 5.02 Å². The number of amides is 1. The molecule has 0 fully saturated rings. The van der Waals surface area contributed by atoms with Crippen molar-refractivity contribution in [3.63, 3.8) is 0 Å². The van der Waals surface area contributed by atoms with Crippen LogP contribution in [0, 0.1) is 0 Å². The lowest BCUT2D eigenvalue weighted by Gasteiger charge is -2.13. The average Bonchev–Trinajstić information content (AvgIpc) is 2.47. The summed E-state index contributed by atoms with van der Waals surface area (Å²) in [6, 6.07) is 14.2. The number of carbonyl (C=O) groups is 1. The molecule has 1 N–H and O–H groups in total. The molecule has 110 valence electrons. The summed E-state index contributed by atoms with van der Waals surface area (Å²) in [5.41, 5.74) is 1.22. The van der Waals surface area contributed by atoms with E-state index in [2.05, 4.69) is 12.2 Å². The molecule has 1 amide bonds. The van der Waals surface area contributed by atoms with Crippen LogP contribution in [0.4, 0.5) is 5.69 Å². The summed E-state index contributed by atoms with van der Waals surface area (Å²) in [4.78, 5) is 12.2. The van der Waals surface area contributed by atoms with Gasteiger partial charge in [0.15, 0.2) is 0 Å². The molecule has 0 aliphatic rings. The molecule has 0 saturated carbocycles. The van der Waals surface area contributed by atoms with Gasteiger partial charge in [0, 0.05) is 16.3 Å². The zero-order chi connectivity index (χ0) is 15.2. The van der Waals surface area contributed by atoms with Crippen LogP contribution < -0.4 is 10.1 Å². The van der Waals surface area contributed by atoms with Crippen LogP contribution in [0.1, 0.15) is 30.6 Å². The largest absolute Gasteiger partial charge is 0.491 e. The molecule has 0 bridgehead atoms.